The molecule has 2 heterocycles. The molecule has 3 aromatic rings. The minimum atomic E-state index is -0.665. The fourth-order valence-corrected chi connectivity index (χ4v) is 2.44. The Kier molecular flexibility index (Phi) is 4.67. The second kappa shape index (κ2) is 7.06. The topological polar surface area (TPSA) is 83.7 Å². The van der Waals surface area contributed by atoms with Gasteiger partial charge in [-0.2, -0.15) is 0 Å². The molecule has 0 saturated carbocycles. The largest absolute Gasteiger partial charge is 0.388 e. The standard InChI is InChI=1S/C18H17N3O3/c22-15(13-6-2-1-3-7-13)9-10-19-17(23)14-12-20-16-8-4-5-11-21(16)18(14)24/h1-8,11-12,15,22H,9-10H2,(H,19,23). The van der Waals surface area contributed by atoms with Gasteiger partial charge in [-0.15, -0.1) is 0 Å². The third-order valence-corrected chi connectivity index (χ3v) is 3.75. The highest BCUT2D eigenvalue weighted by atomic mass is 16.3. The van der Waals surface area contributed by atoms with Gasteiger partial charge in [-0.1, -0.05) is 36.4 Å². The van der Waals surface area contributed by atoms with Crippen LogP contribution in [0.2, 0.25) is 0 Å². The van der Waals surface area contributed by atoms with Gasteiger partial charge in [0.1, 0.15) is 11.2 Å². The van der Waals surface area contributed by atoms with E-state index in [0.717, 1.165) is 5.56 Å². The zero-order chi connectivity index (χ0) is 16.9. The van der Waals surface area contributed by atoms with Crippen molar-refractivity contribution in [1.29, 1.82) is 0 Å². The lowest BCUT2D eigenvalue weighted by molar-refractivity contribution is 0.0940. The van der Waals surface area contributed by atoms with Crippen LogP contribution in [0.25, 0.3) is 5.65 Å². The average molecular weight is 323 g/mol. The average Bonchev–Trinajstić information content (AvgIpc) is 2.62. The predicted octanol–water partition coefficient (Wildman–Crippen LogP) is 1.55. The number of aliphatic hydroxyl groups excluding tert-OH is 1. The Morgan fingerprint density at radius 2 is 1.92 bits per heavy atom. The van der Waals surface area contributed by atoms with Crippen LogP contribution in [0.1, 0.15) is 28.4 Å². The van der Waals surface area contributed by atoms with Gasteiger partial charge in [0.25, 0.3) is 11.5 Å². The normalized spacial score (nSPS) is 12.0. The van der Waals surface area contributed by atoms with E-state index in [9.17, 15) is 14.7 Å². The lowest BCUT2D eigenvalue weighted by Gasteiger charge is -2.11. The van der Waals surface area contributed by atoms with Crippen molar-refractivity contribution in [1.82, 2.24) is 14.7 Å². The first-order valence-electron chi connectivity index (χ1n) is 7.64. The molecule has 122 valence electrons. The molecule has 0 aliphatic rings. The molecule has 0 aliphatic heterocycles. The fraction of sp³-hybridized carbons (Fsp3) is 0.167. The Morgan fingerprint density at radius 3 is 2.71 bits per heavy atom. The molecule has 0 saturated heterocycles. The van der Waals surface area contributed by atoms with Gasteiger partial charge in [-0.05, 0) is 24.1 Å². The van der Waals surface area contributed by atoms with Crippen LogP contribution in [-0.2, 0) is 0 Å². The van der Waals surface area contributed by atoms with E-state index in [4.69, 9.17) is 0 Å². The summed E-state index contributed by atoms with van der Waals surface area (Å²) in [7, 11) is 0. The van der Waals surface area contributed by atoms with E-state index in [2.05, 4.69) is 10.3 Å². The van der Waals surface area contributed by atoms with Crippen molar-refractivity contribution in [3.8, 4) is 0 Å². The molecule has 6 heteroatoms. The smallest absolute Gasteiger partial charge is 0.270 e. The minimum Gasteiger partial charge on any atom is -0.388 e. The third kappa shape index (κ3) is 3.33. The Balaban J connectivity index is 1.65. The molecule has 1 amide bonds. The van der Waals surface area contributed by atoms with Crippen LogP contribution in [0.3, 0.4) is 0 Å². The number of carbonyl (C=O) groups is 1. The maximum atomic E-state index is 12.3. The summed E-state index contributed by atoms with van der Waals surface area (Å²) in [5.74, 6) is -0.494. The van der Waals surface area contributed by atoms with Crippen molar-refractivity contribution in [3.05, 3.63) is 82.4 Å². The van der Waals surface area contributed by atoms with Gasteiger partial charge in [0.05, 0.1) is 6.10 Å². The molecule has 1 unspecified atom stereocenters. The predicted molar refractivity (Wildman–Crippen MR) is 89.8 cm³/mol. The number of fused-ring (bicyclic) bond motifs is 1. The monoisotopic (exact) mass is 323 g/mol. The maximum Gasteiger partial charge on any atom is 0.270 e. The highest BCUT2D eigenvalue weighted by Gasteiger charge is 2.13. The molecule has 1 aromatic carbocycles. The number of hydrogen-bond acceptors (Lipinski definition) is 4. The van der Waals surface area contributed by atoms with Crippen molar-refractivity contribution in [3.63, 3.8) is 0 Å². The molecule has 0 bridgehead atoms. The summed E-state index contributed by atoms with van der Waals surface area (Å²) in [6.07, 6.45) is 2.54. The molecule has 6 nitrogen and oxygen atoms in total. The van der Waals surface area contributed by atoms with Crippen LogP contribution in [0.4, 0.5) is 0 Å². The summed E-state index contributed by atoms with van der Waals surface area (Å²) >= 11 is 0. The van der Waals surface area contributed by atoms with Crippen LogP contribution in [0, 0.1) is 0 Å². The van der Waals surface area contributed by atoms with Crippen molar-refractivity contribution in [2.75, 3.05) is 6.54 Å². The van der Waals surface area contributed by atoms with Crippen LogP contribution in [0.15, 0.2) is 65.7 Å². The van der Waals surface area contributed by atoms with Crippen molar-refractivity contribution >= 4 is 11.6 Å². The molecule has 1 atom stereocenters. The Morgan fingerprint density at radius 1 is 1.17 bits per heavy atom. The summed E-state index contributed by atoms with van der Waals surface area (Å²) < 4.78 is 1.33. The number of hydrogen-bond donors (Lipinski definition) is 2. The molecule has 2 aromatic heterocycles. The lowest BCUT2D eigenvalue weighted by atomic mass is 10.1. The van der Waals surface area contributed by atoms with Gasteiger partial charge in [0.2, 0.25) is 0 Å². The number of nitrogens with one attached hydrogen (secondary N) is 1. The Labute approximate surface area is 138 Å². The third-order valence-electron chi connectivity index (χ3n) is 3.75. The van der Waals surface area contributed by atoms with Crippen LogP contribution < -0.4 is 10.9 Å². The number of nitrogens with zero attached hydrogens (tertiary/aromatic N) is 2. The summed E-state index contributed by atoms with van der Waals surface area (Å²) in [4.78, 5) is 28.6. The van der Waals surface area contributed by atoms with E-state index in [1.807, 2.05) is 30.3 Å². The second-order valence-corrected chi connectivity index (χ2v) is 5.38. The number of aliphatic hydroxyl groups is 1. The summed E-state index contributed by atoms with van der Waals surface area (Å²) in [6.45, 7) is 0.256. The SMILES string of the molecule is O=C(NCCC(O)c1ccccc1)c1cnc2ccccn2c1=O. The van der Waals surface area contributed by atoms with Crippen molar-refractivity contribution in [2.45, 2.75) is 12.5 Å². The van der Waals surface area contributed by atoms with E-state index in [0.29, 0.717) is 12.1 Å². The van der Waals surface area contributed by atoms with Crippen molar-refractivity contribution < 1.29 is 9.90 Å². The van der Waals surface area contributed by atoms with Gasteiger partial charge in [-0.3, -0.25) is 14.0 Å². The molecule has 2 N–H and O–H groups in total. The Hall–Kier alpha value is -2.99. The fourth-order valence-electron chi connectivity index (χ4n) is 2.44. The van der Waals surface area contributed by atoms with Gasteiger partial charge >= 0.3 is 0 Å². The first kappa shape index (κ1) is 15.9. The maximum absolute atomic E-state index is 12.3. The summed E-state index contributed by atoms with van der Waals surface area (Å²) in [5.41, 5.74) is 0.840. The highest BCUT2D eigenvalue weighted by Crippen LogP contribution is 2.14. The zero-order valence-corrected chi connectivity index (χ0v) is 12.9. The quantitative estimate of drug-likeness (QED) is 0.746. The zero-order valence-electron chi connectivity index (χ0n) is 12.9. The lowest BCUT2D eigenvalue weighted by Crippen LogP contribution is -2.32. The molecule has 0 fully saturated rings. The molecule has 24 heavy (non-hydrogen) atoms. The number of rotatable bonds is 5. The number of amides is 1. The van der Waals surface area contributed by atoms with Gasteiger partial charge in [0.15, 0.2) is 0 Å². The highest BCUT2D eigenvalue weighted by molar-refractivity contribution is 5.93. The molecule has 0 radical (unpaired) electrons. The van der Waals surface area contributed by atoms with Crippen molar-refractivity contribution in [2.24, 2.45) is 0 Å². The van der Waals surface area contributed by atoms with E-state index in [-0.39, 0.29) is 12.1 Å². The number of pyridine rings is 1. The van der Waals surface area contributed by atoms with Crippen LogP contribution in [-0.4, -0.2) is 26.9 Å². The molecule has 0 aliphatic carbocycles. The second-order valence-electron chi connectivity index (χ2n) is 5.38. The molecule has 0 spiro atoms. The summed E-state index contributed by atoms with van der Waals surface area (Å²) in [6, 6.07) is 14.4. The number of aromatic nitrogens is 2. The first-order valence-corrected chi connectivity index (χ1v) is 7.64. The summed E-state index contributed by atoms with van der Waals surface area (Å²) in [5, 5.41) is 12.7. The first-order chi connectivity index (χ1) is 11.7. The van der Waals surface area contributed by atoms with Gasteiger partial charge in [-0.25, -0.2) is 4.98 Å². The van der Waals surface area contributed by atoms with Gasteiger partial charge < -0.3 is 10.4 Å². The van der Waals surface area contributed by atoms with E-state index >= 15 is 0 Å². The van der Waals surface area contributed by atoms with E-state index in [1.54, 1.807) is 24.4 Å². The minimum absolute atomic E-state index is 0.0205. The van der Waals surface area contributed by atoms with E-state index in [1.165, 1.54) is 10.6 Å². The Bertz CT molecular complexity index is 906. The van der Waals surface area contributed by atoms with Gasteiger partial charge in [0, 0.05) is 18.9 Å². The number of benzene rings is 1. The van der Waals surface area contributed by atoms with E-state index < -0.39 is 17.6 Å². The number of carbonyl (C=O) groups excluding carboxylic acids is 1. The molecular weight excluding hydrogens is 306 g/mol. The van der Waals surface area contributed by atoms with Crippen LogP contribution >= 0.6 is 0 Å². The van der Waals surface area contributed by atoms with Crippen LogP contribution in [0.5, 0.6) is 0 Å². The molecule has 3 rings (SSSR count). The molecular formula is C18H17N3O3.